The highest BCUT2D eigenvalue weighted by Gasteiger charge is 2.23. The third kappa shape index (κ3) is 3.44. The molecule has 7 nitrogen and oxygen atoms in total. The molecule has 0 saturated carbocycles. The Morgan fingerprint density at radius 1 is 1.19 bits per heavy atom. The highest BCUT2D eigenvalue weighted by atomic mass is 19.2. The Kier molecular flexibility index (Phi) is 5.44. The van der Waals surface area contributed by atoms with Gasteiger partial charge in [0, 0.05) is 13.1 Å². The van der Waals surface area contributed by atoms with E-state index in [1.54, 1.807) is 0 Å². The molecule has 0 N–H and O–H groups in total. The van der Waals surface area contributed by atoms with Crippen molar-refractivity contribution in [1.82, 2.24) is 4.57 Å². The number of esters is 1. The van der Waals surface area contributed by atoms with Crippen molar-refractivity contribution >= 4 is 28.7 Å². The van der Waals surface area contributed by atoms with Gasteiger partial charge in [0.2, 0.25) is 5.43 Å². The first-order valence-corrected chi connectivity index (χ1v) is 7.31. The van der Waals surface area contributed by atoms with Gasteiger partial charge in [0.15, 0.2) is 23.3 Å². The number of carbonyl (C=O) groups excluding carboxylic acids is 2. The van der Waals surface area contributed by atoms with Crippen LogP contribution in [-0.2, 0) is 14.4 Å². The molecular weight excluding hydrogens is 357 g/mol. The lowest BCUT2D eigenvalue weighted by Gasteiger charge is -2.13. The van der Waals surface area contributed by atoms with Crippen LogP contribution in [-0.4, -0.2) is 28.9 Å². The van der Waals surface area contributed by atoms with Gasteiger partial charge in [0.1, 0.15) is 5.56 Å². The number of carbonyl (C=O) groups is 2. The maximum absolute atomic E-state index is 14.3. The Morgan fingerprint density at radius 3 is 2.42 bits per heavy atom. The molecule has 0 radical (unpaired) electrons. The van der Waals surface area contributed by atoms with Gasteiger partial charge in [-0.25, -0.2) is 22.8 Å². The highest BCUT2D eigenvalue weighted by molar-refractivity contribution is 5.99. The first-order valence-electron chi connectivity index (χ1n) is 7.31. The Bertz CT molecular complexity index is 998. The molecule has 0 bridgehead atoms. The fourth-order valence-electron chi connectivity index (χ4n) is 2.18. The molecule has 2 rings (SSSR count). The largest absolute Gasteiger partial charge is 0.462 e. The third-order valence-electron chi connectivity index (χ3n) is 3.28. The van der Waals surface area contributed by atoms with Crippen LogP contribution in [0.15, 0.2) is 22.2 Å². The van der Waals surface area contributed by atoms with Gasteiger partial charge in [-0.1, -0.05) is 5.16 Å². The number of ether oxygens (including phenoxy) is 1. The van der Waals surface area contributed by atoms with Crippen LogP contribution < -0.4 is 5.43 Å². The first kappa shape index (κ1) is 19.2. The Labute approximate surface area is 144 Å². The molecule has 0 aliphatic carbocycles. The molecule has 138 valence electrons. The average Bonchev–Trinajstić information content (AvgIpc) is 2.58. The van der Waals surface area contributed by atoms with Crippen LogP contribution in [0, 0.1) is 17.5 Å². The van der Waals surface area contributed by atoms with E-state index >= 15 is 0 Å². The highest BCUT2D eigenvalue weighted by Crippen LogP contribution is 2.22. The summed E-state index contributed by atoms with van der Waals surface area (Å²) in [6, 6.07) is 0.467. The average molecular weight is 370 g/mol. The zero-order valence-corrected chi connectivity index (χ0v) is 13.9. The predicted molar refractivity (Wildman–Crippen MR) is 84.3 cm³/mol. The van der Waals surface area contributed by atoms with Gasteiger partial charge in [-0.3, -0.25) is 9.36 Å². The van der Waals surface area contributed by atoms with Crippen LogP contribution in [0.1, 0.15) is 31.1 Å². The summed E-state index contributed by atoms with van der Waals surface area (Å²) >= 11 is 0. The molecule has 0 spiro atoms. The van der Waals surface area contributed by atoms with Crippen molar-refractivity contribution in [3.05, 3.63) is 45.5 Å². The van der Waals surface area contributed by atoms with Gasteiger partial charge < -0.3 is 9.57 Å². The van der Waals surface area contributed by atoms with E-state index in [0.29, 0.717) is 6.07 Å². The van der Waals surface area contributed by atoms with E-state index < -0.39 is 51.3 Å². The molecule has 1 heterocycles. The van der Waals surface area contributed by atoms with Gasteiger partial charge in [-0.15, -0.1) is 0 Å². The SMILES string of the molecule is CCOC(=O)c1cn(/C(C)=N/OC(C)=O)c2c(F)c(F)c(F)cc2c1=O. The van der Waals surface area contributed by atoms with E-state index in [1.807, 2.05) is 0 Å². The van der Waals surface area contributed by atoms with Crippen molar-refractivity contribution < 1.29 is 32.3 Å². The molecule has 0 amide bonds. The smallest absolute Gasteiger partial charge is 0.343 e. The second kappa shape index (κ2) is 7.38. The number of benzene rings is 1. The minimum absolute atomic E-state index is 0.0526. The Balaban J connectivity index is 2.91. The molecule has 0 aliphatic rings. The summed E-state index contributed by atoms with van der Waals surface area (Å²) in [6.45, 7) is 3.74. The normalized spacial score (nSPS) is 11.5. The zero-order chi connectivity index (χ0) is 19.6. The third-order valence-corrected chi connectivity index (χ3v) is 3.28. The van der Waals surface area contributed by atoms with Crippen LogP contribution in [0.2, 0.25) is 0 Å². The van der Waals surface area contributed by atoms with Crippen LogP contribution in [0.25, 0.3) is 10.9 Å². The van der Waals surface area contributed by atoms with Crippen LogP contribution in [0.3, 0.4) is 0 Å². The van der Waals surface area contributed by atoms with E-state index in [9.17, 15) is 27.6 Å². The van der Waals surface area contributed by atoms with Gasteiger partial charge in [0.05, 0.1) is 17.5 Å². The molecule has 0 fully saturated rings. The summed E-state index contributed by atoms with van der Waals surface area (Å²) in [4.78, 5) is 39.7. The number of oxime groups is 1. The fourth-order valence-corrected chi connectivity index (χ4v) is 2.18. The van der Waals surface area contributed by atoms with Gasteiger partial charge in [-0.2, -0.15) is 0 Å². The van der Waals surface area contributed by atoms with Crippen molar-refractivity contribution in [3.63, 3.8) is 0 Å². The molecule has 0 aliphatic heterocycles. The second-order valence-electron chi connectivity index (χ2n) is 5.07. The molecule has 10 heteroatoms. The monoisotopic (exact) mass is 370 g/mol. The summed E-state index contributed by atoms with van der Waals surface area (Å²) in [6.07, 6.45) is 0.853. The number of nitrogens with zero attached hydrogens (tertiary/aromatic N) is 2. The Hall–Kier alpha value is -3.17. The lowest BCUT2D eigenvalue weighted by Crippen LogP contribution is -2.24. The van der Waals surface area contributed by atoms with Gasteiger partial charge in [0.25, 0.3) is 0 Å². The van der Waals surface area contributed by atoms with Gasteiger partial charge >= 0.3 is 11.9 Å². The molecular formula is C16H13F3N2O5. The van der Waals surface area contributed by atoms with Gasteiger partial charge in [-0.05, 0) is 19.9 Å². The lowest BCUT2D eigenvalue weighted by molar-refractivity contribution is -0.141. The predicted octanol–water partition coefficient (Wildman–Crippen LogP) is 2.34. The standard InChI is InChI=1S/C16H13F3N2O5/c1-4-25-16(24)10-6-21(7(2)20-26-8(3)22)14-9(15(10)23)5-11(17)12(18)13(14)19/h5-6H,4H2,1-3H3/b20-7+. The van der Waals surface area contributed by atoms with E-state index in [4.69, 9.17) is 4.74 Å². The van der Waals surface area contributed by atoms with Crippen LogP contribution in [0.5, 0.6) is 0 Å². The van der Waals surface area contributed by atoms with E-state index in [0.717, 1.165) is 17.7 Å². The van der Waals surface area contributed by atoms with Crippen molar-refractivity contribution in [2.45, 2.75) is 20.8 Å². The van der Waals surface area contributed by atoms with E-state index in [-0.39, 0.29) is 12.4 Å². The van der Waals surface area contributed by atoms with Crippen LogP contribution in [0.4, 0.5) is 13.2 Å². The first-order chi connectivity index (χ1) is 12.2. The Morgan fingerprint density at radius 2 is 1.85 bits per heavy atom. The molecule has 26 heavy (non-hydrogen) atoms. The molecule has 1 aromatic carbocycles. The molecule has 0 saturated heterocycles. The quantitative estimate of drug-likeness (QED) is 0.207. The van der Waals surface area contributed by atoms with Crippen molar-refractivity contribution in [3.8, 4) is 0 Å². The summed E-state index contributed by atoms with van der Waals surface area (Å²) in [7, 11) is 0. The van der Waals surface area contributed by atoms with Crippen LogP contribution >= 0.6 is 0 Å². The minimum Gasteiger partial charge on any atom is -0.462 e. The zero-order valence-electron chi connectivity index (χ0n) is 13.9. The minimum atomic E-state index is -1.81. The number of hydrogen-bond acceptors (Lipinski definition) is 6. The summed E-state index contributed by atoms with van der Waals surface area (Å²) in [5.74, 6) is -7.13. The number of rotatable bonds is 3. The number of pyridine rings is 1. The molecule has 0 atom stereocenters. The second-order valence-corrected chi connectivity index (χ2v) is 5.07. The fraction of sp³-hybridized carbons (Fsp3) is 0.250. The van der Waals surface area contributed by atoms with Crippen molar-refractivity contribution in [2.75, 3.05) is 6.61 Å². The number of fused-ring (bicyclic) bond motifs is 1. The molecule has 0 unspecified atom stereocenters. The van der Waals surface area contributed by atoms with Crippen molar-refractivity contribution in [1.29, 1.82) is 0 Å². The summed E-state index contributed by atoms with van der Waals surface area (Å²) in [5, 5.41) is 2.80. The maximum atomic E-state index is 14.3. The number of hydrogen-bond donors (Lipinski definition) is 0. The van der Waals surface area contributed by atoms with E-state index in [1.165, 1.54) is 13.8 Å². The lowest BCUT2D eigenvalue weighted by atomic mass is 10.1. The maximum Gasteiger partial charge on any atom is 0.343 e. The summed E-state index contributed by atoms with van der Waals surface area (Å²) in [5.41, 5.74) is -2.27. The molecule has 2 aromatic rings. The topological polar surface area (TPSA) is 87.0 Å². The molecule has 1 aromatic heterocycles. The van der Waals surface area contributed by atoms with E-state index in [2.05, 4.69) is 9.99 Å². The summed E-state index contributed by atoms with van der Waals surface area (Å²) < 4.78 is 47.0. The number of halogens is 3. The van der Waals surface area contributed by atoms with Crippen molar-refractivity contribution in [2.24, 2.45) is 5.16 Å². The number of aromatic nitrogens is 1.